The molecule has 0 aliphatic carbocycles. The number of benzene rings is 3. The van der Waals surface area contributed by atoms with E-state index >= 15 is 0 Å². The lowest BCUT2D eigenvalue weighted by Crippen LogP contribution is -2.30. The fraction of sp³-hybridized carbons (Fsp3) is 0.192. The maximum Gasteiger partial charge on any atom is 0.417 e. The van der Waals surface area contributed by atoms with Gasteiger partial charge in [-0.1, -0.05) is 42.5 Å². The second-order valence-electron chi connectivity index (χ2n) is 8.08. The number of hydrogen-bond donors (Lipinski definition) is 2. The fourth-order valence-electron chi connectivity index (χ4n) is 4.01. The van der Waals surface area contributed by atoms with Gasteiger partial charge in [0.05, 0.1) is 11.1 Å². The van der Waals surface area contributed by atoms with Gasteiger partial charge >= 0.3 is 6.18 Å². The van der Waals surface area contributed by atoms with Crippen LogP contribution in [0.3, 0.4) is 0 Å². The molecule has 1 aromatic heterocycles. The highest BCUT2D eigenvalue weighted by atomic mass is 19.4. The summed E-state index contributed by atoms with van der Waals surface area (Å²) in [5, 5.41) is 3.74. The molecule has 33 heavy (non-hydrogen) atoms. The normalized spacial score (nSPS) is 12.5. The van der Waals surface area contributed by atoms with Crippen molar-refractivity contribution in [3.05, 3.63) is 101 Å². The number of carbonyl (C=O) groups excluding carboxylic acids is 1. The first kappa shape index (κ1) is 22.5. The summed E-state index contributed by atoms with van der Waals surface area (Å²) in [6.45, 7) is 0.147. The minimum Gasteiger partial charge on any atom is -0.378 e. The van der Waals surface area contributed by atoms with E-state index in [-0.39, 0.29) is 18.0 Å². The van der Waals surface area contributed by atoms with Gasteiger partial charge in [0.2, 0.25) is 0 Å². The number of para-hydroxylation sites is 1. The Morgan fingerprint density at radius 3 is 2.33 bits per heavy atom. The number of rotatable bonds is 6. The van der Waals surface area contributed by atoms with E-state index in [1.807, 2.05) is 73.7 Å². The standard InChI is InChI=1S/C26H24F3N3O/c1-32(2)18-13-11-17(12-14-18)21(22-16-30-24-10-6-4-7-19(22)24)15-31-25(33)20-8-3-5-9-23(20)26(27,28)29/h3-14,16,21,30H,15H2,1-2H3,(H,31,33). The van der Waals surface area contributed by atoms with Crippen molar-refractivity contribution in [1.29, 1.82) is 0 Å². The molecule has 1 atom stereocenters. The summed E-state index contributed by atoms with van der Waals surface area (Å²) < 4.78 is 40.2. The van der Waals surface area contributed by atoms with Crippen molar-refractivity contribution in [2.45, 2.75) is 12.1 Å². The molecular formula is C26H24F3N3O. The molecule has 0 aliphatic rings. The lowest BCUT2D eigenvalue weighted by Gasteiger charge is -2.20. The third-order valence-electron chi connectivity index (χ3n) is 5.75. The third-order valence-corrected chi connectivity index (χ3v) is 5.75. The van der Waals surface area contributed by atoms with Gasteiger partial charge in [0.15, 0.2) is 0 Å². The maximum absolute atomic E-state index is 13.4. The Kier molecular flexibility index (Phi) is 6.14. The number of amides is 1. The van der Waals surface area contributed by atoms with Gasteiger partial charge in [-0.3, -0.25) is 4.79 Å². The first-order valence-corrected chi connectivity index (χ1v) is 10.5. The van der Waals surface area contributed by atoms with Crippen molar-refractivity contribution >= 4 is 22.5 Å². The number of nitrogens with zero attached hydrogens (tertiary/aromatic N) is 1. The zero-order valence-corrected chi connectivity index (χ0v) is 18.3. The molecule has 0 aliphatic heterocycles. The molecule has 1 unspecified atom stereocenters. The van der Waals surface area contributed by atoms with Crippen molar-refractivity contribution in [3.8, 4) is 0 Å². The third kappa shape index (κ3) is 4.72. The highest BCUT2D eigenvalue weighted by Gasteiger charge is 2.35. The van der Waals surface area contributed by atoms with E-state index in [0.717, 1.165) is 33.8 Å². The van der Waals surface area contributed by atoms with Crippen molar-refractivity contribution in [1.82, 2.24) is 10.3 Å². The summed E-state index contributed by atoms with van der Waals surface area (Å²) in [6.07, 6.45) is -2.71. The number of aromatic amines is 1. The smallest absolute Gasteiger partial charge is 0.378 e. The number of anilines is 1. The number of nitrogens with one attached hydrogen (secondary N) is 2. The van der Waals surface area contributed by atoms with Gasteiger partial charge in [-0.2, -0.15) is 13.2 Å². The Hall–Kier alpha value is -3.74. The van der Waals surface area contributed by atoms with E-state index in [1.165, 1.54) is 18.2 Å². The summed E-state index contributed by atoms with van der Waals surface area (Å²) in [5.41, 5.74) is 2.57. The van der Waals surface area contributed by atoms with Crippen molar-refractivity contribution in [3.63, 3.8) is 0 Å². The Morgan fingerprint density at radius 1 is 0.970 bits per heavy atom. The highest BCUT2D eigenvalue weighted by Crippen LogP contribution is 2.33. The topological polar surface area (TPSA) is 48.1 Å². The lowest BCUT2D eigenvalue weighted by molar-refractivity contribution is -0.137. The quantitative estimate of drug-likeness (QED) is 0.388. The van der Waals surface area contributed by atoms with Gasteiger partial charge in [-0.05, 0) is 41.5 Å². The van der Waals surface area contributed by atoms with Crippen LogP contribution in [0.2, 0.25) is 0 Å². The Morgan fingerprint density at radius 2 is 1.64 bits per heavy atom. The first-order chi connectivity index (χ1) is 15.8. The molecule has 170 valence electrons. The maximum atomic E-state index is 13.4. The van der Waals surface area contributed by atoms with Gasteiger partial charge in [-0.15, -0.1) is 0 Å². The van der Waals surface area contributed by atoms with Crippen LogP contribution >= 0.6 is 0 Å². The molecule has 0 spiro atoms. The van der Waals surface area contributed by atoms with Crippen LogP contribution in [0.15, 0.2) is 79.0 Å². The monoisotopic (exact) mass is 451 g/mol. The number of halogens is 3. The number of alkyl halides is 3. The van der Waals surface area contributed by atoms with Gasteiger partial charge < -0.3 is 15.2 Å². The summed E-state index contributed by atoms with van der Waals surface area (Å²) >= 11 is 0. The van der Waals surface area contributed by atoms with E-state index in [0.29, 0.717) is 0 Å². The van der Waals surface area contributed by atoms with Crippen LogP contribution in [0, 0.1) is 0 Å². The summed E-state index contributed by atoms with van der Waals surface area (Å²) in [5.74, 6) is -1.00. The number of carbonyl (C=O) groups is 1. The Labute approximate surface area is 190 Å². The second kappa shape index (κ2) is 9.02. The molecule has 1 amide bonds. The molecule has 0 fully saturated rings. The molecule has 3 aromatic carbocycles. The number of aromatic nitrogens is 1. The molecule has 4 rings (SSSR count). The van der Waals surface area contributed by atoms with Crippen LogP contribution in [-0.4, -0.2) is 31.5 Å². The van der Waals surface area contributed by atoms with E-state index in [4.69, 9.17) is 0 Å². The predicted octanol–water partition coefficient (Wildman–Crippen LogP) is 5.81. The molecule has 4 nitrogen and oxygen atoms in total. The largest absolute Gasteiger partial charge is 0.417 e. The molecule has 0 saturated carbocycles. The van der Waals surface area contributed by atoms with E-state index < -0.39 is 17.6 Å². The van der Waals surface area contributed by atoms with Gasteiger partial charge in [0.1, 0.15) is 0 Å². The van der Waals surface area contributed by atoms with Crippen LogP contribution in [0.4, 0.5) is 18.9 Å². The second-order valence-corrected chi connectivity index (χ2v) is 8.08. The predicted molar refractivity (Wildman–Crippen MR) is 125 cm³/mol. The molecule has 7 heteroatoms. The fourth-order valence-corrected chi connectivity index (χ4v) is 4.01. The molecule has 0 radical (unpaired) electrons. The molecule has 2 N–H and O–H groups in total. The van der Waals surface area contributed by atoms with E-state index in [9.17, 15) is 18.0 Å². The van der Waals surface area contributed by atoms with E-state index in [2.05, 4.69) is 10.3 Å². The zero-order valence-electron chi connectivity index (χ0n) is 18.3. The SMILES string of the molecule is CN(C)c1ccc(C(CNC(=O)c2ccccc2C(F)(F)F)c2c[nH]c3ccccc23)cc1. The van der Waals surface area contributed by atoms with Crippen molar-refractivity contribution in [2.24, 2.45) is 0 Å². The summed E-state index contributed by atoms with van der Waals surface area (Å²) in [7, 11) is 3.90. The van der Waals surface area contributed by atoms with E-state index in [1.54, 1.807) is 0 Å². The Bertz CT molecular complexity index is 1260. The molecule has 4 aromatic rings. The minimum atomic E-state index is -4.60. The van der Waals surface area contributed by atoms with Gasteiger partial charge in [0, 0.05) is 49.3 Å². The number of H-pyrrole nitrogens is 1. The molecular weight excluding hydrogens is 427 g/mol. The van der Waals surface area contributed by atoms with Crippen LogP contribution in [-0.2, 0) is 6.18 Å². The first-order valence-electron chi connectivity index (χ1n) is 10.5. The molecule has 1 heterocycles. The van der Waals surface area contributed by atoms with Crippen LogP contribution in [0.1, 0.15) is 33.0 Å². The van der Waals surface area contributed by atoms with Crippen LogP contribution in [0.5, 0.6) is 0 Å². The minimum absolute atomic E-state index is 0.147. The van der Waals surface area contributed by atoms with Crippen LogP contribution < -0.4 is 10.2 Å². The van der Waals surface area contributed by atoms with Gasteiger partial charge in [0.25, 0.3) is 5.91 Å². The number of hydrogen-bond acceptors (Lipinski definition) is 2. The lowest BCUT2D eigenvalue weighted by atomic mass is 9.90. The number of fused-ring (bicyclic) bond motifs is 1. The van der Waals surface area contributed by atoms with Gasteiger partial charge in [-0.25, -0.2) is 0 Å². The Balaban J connectivity index is 1.67. The van der Waals surface area contributed by atoms with Crippen LogP contribution in [0.25, 0.3) is 10.9 Å². The van der Waals surface area contributed by atoms with Crippen molar-refractivity contribution < 1.29 is 18.0 Å². The van der Waals surface area contributed by atoms with Crippen molar-refractivity contribution in [2.75, 3.05) is 25.5 Å². The summed E-state index contributed by atoms with van der Waals surface area (Å²) in [6, 6.07) is 20.6. The average molecular weight is 451 g/mol. The summed E-state index contributed by atoms with van der Waals surface area (Å²) in [4.78, 5) is 18.0. The molecule has 0 bridgehead atoms. The molecule has 0 saturated heterocycles. The zero-order chi connectivity index (χ0) is 23.6. The average Bonchev–Trinajstić information content (AvgIpc) is 3.23. The highest BCUT2D eigenvalue weighted by molar-refractivity contribution is 5.96.